The van der Waals surface area contributed by atoms with Crippen LogP contribution in [0.15, 0.2) is 53.4 Å². The van der Waals surface area contributed by atoms with Crippen molar-refractivity contribution >= 4 is 32.8 Å². The van der Waals surface area contributed by atoms with Gasteiger partial charge < -0.3 is 5.73 Å². The predicted molar refractivity (Wildman–Crippen MR) is 81.0 cm³/mol. The van der Waals surface area contributed by atoms with Crippen LogP contribution < -0.4 is 10.0 Å². The lowest BCUT2D eigenvalue weighted by Gasteiger charge is -2.08. The van der Waals surface area contributed by atoms with Gasteiger partial charge in [-0.2, -0.15) is 8.42 Å². The van der Waals surface area contributed by atoms with Crippen molar-refractivity contribution in [1.29, 1.82) is 0 Å². The second kappa shape index (κ2) is 5.25. The number of aromatic nitrogens is 2. The zero-order chi connectivity index (χ0) is 16.6. The lowest BCUT2D eigenvalue weighted by Crippen LogP contribution is -2.21. The molecule has 1 heterocycles. The number of benzene rings is 2. The van der Waals surface area contributed by atoms with E-state index in [0.29, 0.717) is 11.0 Å². The third-order valence-corrected chi connectivity index (χ3v) is 4.21. The first kappa shape index (κ1) is 14.8. The van der Waals surface area contributed by atoms with Crippen LogP contribution in [0.2, 0.25) is 0 Å². The minimum absolute atomic E-state index is 0.153. The number of anilines is 1. The highest BCUT2D eigenvalue weighted by atomic mass is 32.2. The second-order valence-electron chi connectivity index (χ2n) is 4.54. The summed E-state index contributed by atoms with van der Waals surface area (Å²) in [6.07, 6.45) is 0. The van der Waals surface area contributed by atoms with E-state index < -0.39 is 15.0 Å². The lowest BCUT2D eigenvalue weighted by molar-refractivity contribution is -0.385. The van der Waals surface area contributed by atoms with Crippen LogP contribution in [0.5, 0.6) is 0 Å². The van der Waals surface area contributed by atoms with E-state index in [1.54, 1.807) is 24.3 Å². The molecule has 0 spiro atoms. The SMILES string of the molecule is Nc1nc2ccccc2n1OS(=O)(=O)c1cccc([N+](=O)[O-])c1. The number of para-hydroxylation sites is 2. The minimum atomic E-state index is -4.31. The Kier molecular flexibility index (Phi) is 3.37. The number of hydrogen-bond acceptors (Lipinski definition) is 7. The Morgan fingerprint density at radius 2 is 1.91 bits per heavy atom. The Labute approximate surface area is 130 Å². The lowest BCUT2D eigenvalue weighted by atomic mass is 10.3. The normalized spacial score (nSPS) is 11.5. The van der Waals surface area contributed by atoms with Crippen LogP contribution in [0.3, 0.4) is 0 Å². The summed E-state index contributed by atoms with van der Waals surface area (Å²) >= 11 is 0. The third-order valence-electron chi connectivity index (χ3n) is 3.03. The molecule has 2 N–H and O–H groups in total. The van der Waals surface area contributed by atoms with Gasteiger partial charge in [0.15, 0.2) is 0 Å². The van der Waals surface area contributed by atoms with Crippen molar-refractivity contribution in [3.8, 4) is 0 Å². The summed E-state index contributed by atoms with van der Waals surface area (Å²) in [7, 11) is -4.31. The summed E-state index contributed by atoms with van der Waals surface area (Å²) in [6, 6.07) is 11.1. The molecule has 0 fully saturated rings. The molecule has 0 saturated heterocycles. The van der Waals surface area contributed by atoms with E-state index in [-0.39, 0.29) is 16.5 Å². The molecule has 0 amide bonds. The van der Waals surface area contributed by atoms with Gasteiger partial charge >= 0.3 is 10.1 Å². The van der Waals surface area contributed by atoms with Crippen LogP contribution in [0.4, 0.5) is 11.6 Å². The number of nitrogens with zero attached hydrogens (tertiary/aromatic N) is 3. The van der Waals surface area contributed by atoms with Crippen LogP contribution in [-0.2, 0) is 10.1 Å². The maximum Gasteiger partial charge on any atom is 0.357 e. The molecule has 0 aliphatic carbocycles. The first-order chi connectivity index (χ1) is 10.9. The Hall–Kier alpha value is -3.14. The number of hydrogen-bond donors (Lipinski definition) is 1. The van der Waals surface area contributed by atoms with Crippen LogP contribution in [-0.4, -0.2) is 23.1 Å². The molecule has 3 aromatic rings. The van der Waals surface area contributed by atoms with Crippen LogP contribution in [0.1, 0.15) is 0 Å². The average Bonchev–Trinajstić information content (AvgIpc) is 2.83. The Morgan fingerprint density at radius 3 is 2.65 bits per heavy atom. The molecule has 10 heteroatoms. The van der Waals surface area contributed by atoms with Crippen molar-refractivity contribution in [1.82, 2.24) is 9.71 Å². The minimum Gasteiger partial charge on any atom is -0.367 e. The first-order valence-corrected chi connectivity index (χ1v) is 7.72. The maximum atomic E-state index is 12.3. The van der Waals surface area contributed by atoms with E-state index in [2.05, 4.69) is 4.98 Å². The molecule has 0 unspecified atom stereocenters. The number of imidazole rings is 1. The second-order valence-corrected chi connectivity index (χ2v) is 6.06. The number of nitrogens with two attached hydrogens (primary N) is 1. The Balaban J connectivity index is 2.05. The topological polar surface area (TPSA) is 130 Å². The van der Waals surface area contributed by atoms with Gasteiger partial charge in [0.2, 0.25) is 5.95 Å². The summed E-state index contributed by atoms with van der Waals surface area (Å²) in [5, 5.41) is 10.8. The van der Waals surface area contributed by atoms with Gasteiger partial charge in [-0.15, -0.1) is 4.73 Å². The molecule has 2 aromatic carbocycles. The standard InChI is InChI=1S/C13H10N4O5S/c14-13-15-11-6-1-2-7-12(11)16(13)22-23(20,21)10-5-3-4-9(8-10)17(18)19/h1-8H,(H2,14,15). The van der Waals surface area contributed by atoms with Crippen LogP contribution >= 0.6 is 0 Å². The van der Waals surface area contributed by atoms with Crippen molar-refractivity contribution in [2.24, 2.45) is 0 Å². The van der Waals surface area contributed by atoms with Crippen molar-refractivity contribution in [2.45, 2.75) is 4.90 Å². The Bertz CT molecular complexity index is 1010. The molecule has 3 rings (SSSR count). The molecule has 0 aliphatic rings. The van der Waals surface area contributed by atoms with Gasteiger partial charge in [-0.25, -0.2) is 4.98 Å². The molecule has 9 nitrogen and oxygen atoms in total. The molecular formula is C13H10N4O5S. The molecule has 23 heavy (non-hydrogen) atoms. The monoisotopic (exact) mass is 334 g/mol. The first-order valence-electron chi connectivity index (χ1n) is 6.31. The summed E-state index contributed by atoms with van der Waals surface area (Å²) in [6.45, 7) is 0. The van der Waals surface area contributed by atoms with Gasteiger partial charge in [0, 0.05) is 12.1 Å². The average molecular weight is 334 g/mol. The number of nitrogen functional groups attached to an aromatic ring is 1. The number of nitro groups is 1. The van der Waals surface area contributed by atoms with E-state index in [0.717, 1.165) is 10.8 Å². The molecule has 118 valence electrons. The highest BCUT2D eigenvalue weighted by molar-refractivity contribution is 7.87. The zero-order valence-corrected chi connectivity index (χ0v) is 12.3. The van der Waals surface area contributed by atoms with E-state index in [1.807, 2.05) is 0 Å². The van der Waals surface area contributed by atoms with Gasteiger partial charge in [-0.05, 0) is 18.2 Å². The van der Waals surface area contributed by atoms with Gasteiger partial charge in [0.25, 0.3) is 5.69 Å². The predicted octanol–water partition coefficient (Wildman–Crippen LogP) is 1.34. The fraction of sp³-hybridized carbons (Fsp3) is 0. The third kappa shape index (κ3) is 2.66. The number of non-ortho nitro benzene ring substituents is 1. The maximum absolute atomic E-state index is 12.3. The quantitative estimate of drug-likeness (QED) is 0.562. The van der Waals surface area contributed by atoms with E-state index in [1.165, 1.54) is 18.2 Å². The highest BCUT2D eigenvalue weighted by Gasteiger charge is 2.22. The van der Waals surface area contributed by atoms with Crippen molar-refractivity contribution < 1.29 is 17.6 Å². The van der Waals surface area contributed by atoms with Gasteiger partial charge in [0.1, 0.15) is 10.4 Å². The summed E-state index contributed by atoms with van der Waals surface area (Å²) < 4.78 is 30.5. The van der Waals surface area contributed by atoms with Gasteiger partial charge in [-0.1, -0.05) is 18.2 Å². The van der Waals surface area contributed by atoms with Gasteiger partial charge in [-0.3, -0.25) is 14.4 Å². The number of fused-ring (bicyclic) bond motifs is 1. The summed E-state index contributed by atoms with van der Waals surface area (Å²) in [5.74, 6) is -0.153. The van der Waals surface area contributed by atoms with Crippen molar-refractivity contribution in [3.05, 3.63) is 58.6 Å². The molecular weight excluding hydrogens is 324 g/mol. The molecule has 0 atom stereocenters. The fourth-order valence-corrected chi connectivity index (χ4v) is 2.94. The van der Waals surface area contributed by atoms with E-state index in [4.69, 9.17) is 10.0 Å². The van der Waals surface area contributed by atoms with E-state index in [9.17, 15) is 18.5 Å². The molecule has 0 aliphatic heterocycles. The number of rotatable bonds is 4. The molecule has 0 radical (unpaired) electrons. The summed E-state index contributed by atoms with van der Waals surface area (Å²) in [4.78, 5) is 13.7. The molecule has 0 bridgehead atoms. The smallest absolute Gasteiger partial charge is 0.357 e. The summed E-state index contributed by atoms with van der Waals surface area (Å²) in [5.41, 5.74) is 6.13. The van der Waals surface area contributed by atoms with Gasteiger partial charge in [0.05, 0.1) is 10.4 Å². The van der Waals surface area contributed by atoms with Crippen LogP contribution in [0.25, 0.3) is 11.0 Å². The largest absolute Gasteiger partial charge is 0.367 e. The Morgan fingerprint density at radius 1 is 1.17 bits per heavy atom. The fourth-order valence-electron chi connectivity index (χ4n) is 1.99. The zero-order valence-electron chi connectivity index (χ0n) is 11.5. The molecule has 1 aromatic heterocycles. The number of nitro benzene ring substituents is 1. The highest BCUT2D eigenvalue weighted by Crippen LogP contribution is 2.21. The van der Waals surface area contributed by atoms with Crippen LogP contribution in [0, 0.1) is 10.1 Å². The van der Waals surface area contributed by atoms with E-state index >= 15 is 0 Å². The van der Waals surface area contributed by atoms with Crippen molar-refractivity contribution in [3.63, 3.8) is 0 Å². The molecule has 0 saturated carbocycles. The van der Waals surface area contributed by atoms with Crippen molar-refractivity contribution in [2.75, 3.05) is 5.73 Å².